The number of carbonyl (C=O) groups excluding carboxylic acids is 1. The molecule has 3 N–H and O–H groups in total. The van der Waals surface area contributed by atoms with Crippen LogP contribution in [0.3, 0.4) is 0 Å². The average Bonchev–Trinajstić information content (AvgIpc) is 3.26. The van der Waals surface area contributed by atoms with Gasteiger partial charge in [-0.2, -0.15) is 0 Å². The second-order valence-corrected chi connectivity index (χ2v) is 8.07. The molecule has 2 aromatic rings. The maximum absolute atomic E-state index is 12.6. The van der Waals surface area contributed by atoms with Crippen molar-refractivity contribution in [1.29, 1.82) is 0 Å². The maximum atomic E-state index is 12.6. The lowest BCUT2D eigenvalue weighted by molar-refractivity contribution is 0.0271. The van der Waals surface area contributed by atoms with E-state index in [9.17, 15) is 14.7 Å². The summed E-state index contributed by atoms with van der Waals surface area (Å²) in [6.45, 7) is 7.14. The van der Waals surface area contributed by atoms with Gasteiger partial charge < -0.3 is 25.0 Å². The second-order valence-electron chi connectivity index (χ2n) is 6.73. The minimum Gasteiger partial charge on any atom is -0.477 e. The van der Waals surface area contributed by atoms with Gasteiger partial charge in [0.1, 0.15) is 4.88 Å². The molecule has 0 saturated carbocycles. The fourth-order valence-corrected chi connectivity index (χ4v) is 4.53. The molecule has 9 nitrogen and oxygen atoms in total. The number of H-pyrrole nitrogens is 1. The molecule has 0 bridgehead atoms. The van der Waals surface area contributed by atoms with E-state index in [0.29, 0.717) is 48.5 Å². The first-order valence-corrected chi connectivity index (χ1v) is 10.7. The number of nitrogens with one attached hydrogen (secondary N) is 2. The minimum absolute atomic E-state index is 0.186. The summed E-state index contributed by atoms with van der Waals surface area (Å²) in [7, 11) is 0. The Labute approximate surface area is 177 Å². The summed E-state index contributed by atoms with van der Waals surface area (Å²) in [5.41, 5.74) is 1.23. The predicted octanol–water partition coefficient (Wildman–Crippen LogP) is 2.50. The molecule has 0 aliphatic carbocycles. The minimum atomic E-state index is -0.974. The number of nitrogens with zero attached hydrogens (tertiary/aromatic N) is 3. The topological polar surface area (TPSA) is 120 Å². The number of hydrogen-bond acceptors (Lipinski definition) is 7. The highest BCUT2D eigenvalue weighted by Gasteiger charge is 2.33. The van der Waals surface area contributed by atoms with Gasteiger partial charge in [0.2, 0.25) is 0 Å². The smallest absolute Gasteiger partial charge is 0.347 e. The number of carboxylic acids is 1. The standard InChI is InChI=1S/C18H24ClN5O4S/c1-4-10-14(19)23-15(21-10)16(25)22-11-6-7-24(8-12(11)28-5-2)18-20-9(3)13(29-18)17(26)27/h11-12H,4-8H2,1-3H3,(H,21,23)(H,22,25)(H,26,27)/t11-,12+/m0/s1. The first-order chi connectivity index (χ1) is 13.8. The third-order valence-electron chi connectivity index (χ3n) is 4.80. The van der Waals surface area contributed by atoms with Crippen molar-refractivity contribution in [3.8, 4) is 0 Å². The van der Waals surface area contributed by atoms with Crippen LogP contribution < -0.4 is 10.2 Å². The SMILES string of the molecule is CCO[C@@H]1CN(c2nc(C)c(C(=O)O)s2)CC[C@@H]1NC(=O)c1nc(Cl)c(CC)[nH]1. The van der Waals surface area contributed by atoms with E-state index in [1.807, 2.05) is 18.7 Å². The monoisotopic (exact) mass is 441 g/mol. The first kappa shape index (κ1) is 21.5. The van der Waals surface area contributed by atoms with Gasteiger partial charge in [-0.1, -0.05) is 29.9 Å². The maximum Gasteiger partial charge on any atom is 0.347 e. The Morgan fingerprint density at radius 1 is 1.41 bits per heavy atom. The predicted molar refractivity (Wildman–Crippen MR) is 110 cm³/mol. The highest BCUT2D eigenvalue weighted by Crippen LogP contribution is 2.29. The van der Waals surface area contributed by atoms with Gasteiger partial charge in [-0.05, 0) is 26.7 Å². The Kier molecular flexibility index (Phi) is 6.76. The van der Waals surface area contributed by atoms with E-state index < -0.39 is 5.97 Å². The summed E-state index contributed by atoms with van der Waals surface area (Å²) < 4.78 is 5.87. The van der Waals surface area contributed by atoms with E-state index in [1.54, 1.807) is 6.92 Å². The van der Waals surface area contributed by atoms with E-state index in [4.69, 9.17) is 16.3 Å². The normalized spacial score (nSPS) is 19.4. The molecule has 0 radical (unpaired) electrons. The molecule has 0 unspecified atom stereocenters. The second kappa shape index (κ2) is 9.10. The van der Waals surface area contributed by atoms with E-state index >= 15 is 0 Å². The van der Waals surface area contributed by atoms with Crippen LogP contribution in [-0.2, 0) is 11.2 Å². The highest BCUT2D eigenvalue weighted by atomic mass is 35.5. The third-order valence-corrected chi connectivity index (χ3v) is 6.32. The van der Waals surface area contributed by atoms with Crippen molar-refractivity contribution in [1.82, 2.24) is 20.3 Å². The van der Waals surface area contributed by atoms with Crippen molar-refractivity contribution in [3.63, 3.8) is 0 Å². The van der Waals surface area contributed by atoms with Crippen molar-refractivity contribution >= 4 is 39.9 Å². The first-order valence-electron chi connectivity index (χ1n) is 9.46. The zero-order chi connectivity index (χ0) is 21.1. The number of ether oxygens (including phenoxy) is 1. The van der Waals surface area contributed by atoms with Crippen LogP contribution in [-0.4, -0.2) is 63.8 Å². The van der Waals surface area contributed by atoms with Crippen molar-refractivity contribution in [2.45, 2.75) is 45.8 Å². The molecule has 0 aromatic carbocycles. The van der Waals surface area contributed by atoms with E-state index in [2.05, 4.69) is 20.3 Å². The quantitative estimate of drug-likeness (QED) is 0.603. The molecule has 3 rings (SSSR count). The summed E-state index contributed by atoms with van der Waals surface area (Å²) in [5, 5.41) is 13.2. The van der Waals surface area contributed by atoms with Gasteiger partial charge in [0.15, 0.2) is 16.1 Å². The van der Waals surface area contributed by atoms with Crippen molar-refractivity contribution in [3.05, 3.63) is 27.2 Å². The van der Waals surface area contributed by atoms with Crippen LogP contribution in [0.1, 0.15) is 51.9 Å². The van der Waals surface area contributed by atoms with E-state index in [-0.39, 0.29) is 28.8 Å². The number of halogens is 1. The number of piperidine rings is 1. The van der Waals surface area contributed by atoms with Gasteiger partial charge in [-0.15, -0.1) is 0 Å². The fourth-order valence-electron chi connectivity index (χ4n) is 3.32. The van der Waals surface area contributed by atoms with Crippen molar-refractivity contribution < 1.29 is 19.4 Å². The van der Waals surface area contributed by atoms with Crippen molar-refractivity contribution in [2.75, 3.05) is 24.6 Å². The molecule has 1 amide bonds. The van der Waals surface area contributed by atoms with Crippen LogP contribution in [0.2, 0.25) is 5.15 Å². The highest BCUT2D eigenvalue weighted by molar-refractivity contribution is 7.17. The largest absolute Gasteiger partial charge is 0.477 e. The summed E-state index contributed by atoms with van der Waals surface area (Å²) in [6.07, 6.45) is 1.03. The van der Waals surface area contributed by atoms with Gasteiger partial charge in [0.05, 0.1) is 23.5 Å². The van der Waals surface area contributed by atoms with Crippen LogP contribution in [0.4, 0.5) is 5.13 Å². The number of rotatable bonds is 7. The summed E-state index contributed by atoms with van der Waals surface area (Å²) >= 11 is 7.19. The molecule has 0 spiro atoms. The van der Waals surface area contributed by atoms with E-state index in [1.165, 1.54) is 0 Å². The molecule has 3 heterocycles. The van der Waals surface area contributed by atoms with Gasteiger partial charge in [-0.3, -0.25) is 4.79 Å². The number of aromatic nitrogens is 3. The molecular formula is C18H24ClN5O4S. The lowest BCUT2D eigenvalue weighted by Gasteiger charge is -2.38. The number of carbonyl (C=O) groups is 2. The van der Waals surface area contributed by atoms with Crippen LogP contribution in [0.15, 0.2) is 0 Å². The van der Waals surface area contributed by atoms with Crippen LogP contribution >= 0.6 is 22.9 Å². The Hall–Kier alpha value is -2.17. The van der Waals surface area contributed by atoms with Crippen LogP contribution in [0.25, 0.3) is 0 Å². The Morgan fingerprint density at radius 2 is 2.17 bits per heavy atom. The fraction of sp³-hybridized carbons (Fsp3) is 0.556. The lowest BCUT2D eigenvalue weighted by Crippen LogP contribution is -2.55. The number of thiazole rings is 1. The number of aryl methyl sites for hydroxylation is 2. The molecule has 1 fully saturated rings. The summed E-state index contributed by atoms with van der Waals surface area (Å²) in [6, 6.07) is -0.201. The number of imidazole rings is 1. The number of amides is 1. The van der Waals surface area contributed by atoms with Gasteiger partial charge >= 0.3 is 5.97 Å². The summed E-state index contributed by atoms with van der Waals surface area (Å²) in [5.74, 6) is -1.11. The molecular weight excluding hydrogens is 418 g/mol. The Bertz CT molecular complexity index is 899. The van der Waals surface area contributed by atoms with Gasteiger partial charge in [0.25, 0.3) is 5.91 Å². The Balaban J connectivity index is 1.70. The van der Waals surface area contributed by atoms with Gasteiger partial charge in [0, 0.05) is 19.7 Å². The average molecular weight is 442 g/mol. The summed E-state index contributed by atoms with van der Waals surface area (Å²) in [4.78, 5) is 37.6. The zero-order valence-electron chi connectivity index (χ0n) is 16.5. The molecule has 2 atom stereocenters. The Morgan fingerprint density at radius 3 is 2.76 bits per heavy atom. The number of carboxylic acid groups (broad SMARTS) is 1. The molecule has 158 valence electrons. The number of aromatic carboxylic acids is 1. The zero-order valence-corrected chi connectivity index (χ0v) is 18.1. The lowest BCUT2D eigenvalue weighted by atomic mass is 10.0. The van der Waals surface area contributed by atoms with Gasteiger partial charge in [-0.25, -0.2) is 14.8 Å². The van der Waals surface area contributed by atoms with E-state index in [0.717, 1.165) is 17.0 Å². The third kappa shape index (κ3) is 4.71. The molecule has 11 heteroatoms. The molecule has 1 saturated heterocycles. The molecule has 29 heavy (non-hydrogen) atoms. The van der Waals surface area contributed by atoms with Crippen LogP contribution in [0, 0.1) is 6.92 Å². The molecule has 2 aromatic heterocycles. The molecule has 1 aliphatic rings. The molecule has 1 aliphatic heterocycles. The van der Waals surface area contributed by atoms with Crippen LogP contribution in [0.5, 0.6) is 0 Å². The number of hydrogen-bond donors (Lipinski definition) is 3. The number of aromatic amines is 1. The number of anilines is 1. The van der Waals surface area contributed by atoms with Crippen molar-refractivity contribution in [2.24, 2.45) is 0 Å².